The molecule has 0 saturated heterocycles. The number of hydrogen-bond acceptors (Lipinski definition) is 3. The van der Waals surface area contributed by atoms with E-state index < -0.39 is 6.61 Å². The zero-order valence-electron chi connectivity index (χ0n) is 14.8. The molecule has 2 N–H and O–H groups in total. The first-order chi connectivity index (χ1) is 12.7. The van der Waals surface area contributed by atoms with Crippen molar-refractivity contribution in [1.82, 2.24) is 5.32 Å². The maximum absolute atomic E-state index is 12.3. The number of halogens is 3. The van der Waals surface area contributed by atoms with Gasteiger partial charge in [-0.3, -0.25) is 9.59 Å². The molecule has 2 aromatic rings. The lowest BCUT2D eigenvalue weighted by molar-refractivity contribution is -0.115. The van der Waals surface area contributed by atoms with Crippen LogP contribution < -0.4 is 15.4 Å². The number of anilines is 1. The van der Waals surface area contributed by atoms with Crippen LogP contribution in [0.15, 0.2) is 42.5 Å². The Kier molecular flexibility index (Phi) is 7.12. The Balaban J connectivity index is 2.08. The van der Waals surface area contributed by atoms with Crippen LogP contribution in [0.4, 0.5) is 14.5 Å². The second-order valence-electron chi connectivity index (χ2n) is 6.07. The van der Waals surface area contributed by atoms with Crippen molar-refractivity contribution in [3.8, 4) is 5.75 Å². The molecule has 0 heterocycles. The molecule has 0 atom stereocenters. The summed E-state index contributed by atoms with van der Waals surface area (Å²) >= 11 is 5.97. The lowest BCUT2D eigenvalue weighted by Crippen LogP contribution is -2.31. The summed E-state index contributed by atoms with van der Waals surface area (Å²) in [6.07, 6.45) is -0.00723. The normalized spacial score (nSPS) is 10.8. The topological polar surface area (TPSA) is 67.4 Å². The second-order valence-corrected chi connectivity index (χ2v) is 6.50. The van der Waals surface area contributed by atoms with Crippen LogP contribution in [0.1, 0.15) is 29.8 Å². The predicted molar refractivity (Wildman–Crippen MR) is 99.5 cm³/mol. The van der Waals surface area contributed by atoms with E-state index in [4.69, 9.17) is 11.6 Å². The lowest BCUT2D eigenvalue weighted by atomic mass is 10.1. The van der Waals surface area contributed by atoms with E-state index in [-0.39, 0.29) is 30.0 Å². The van der Waals surface area contributed by atoms with Gasteiger partial charge in [-0.05, 0) is 49.7 Å². The number of ether oxygens (including phenoxy) is 1. The number of rotatable bonds is 7. The molecule has 144 valence electrons. The van der Waals surface area contributed by atoms with Gasteiger partial charge in [0.05, 0.1) is 17.7 Å². The van der Waals surface area contributed by atoms with Gasteiger partial charge in [-0.25, -0.2) is 0 Å². The Morgan fingerprint density at radius 3 is 2.37 bits per heavy atom. The highest BCUT2D eigenvalue weighted by Gasteiger charge is 2.15. The third kappa shape index (κ3) is 6.53. The number of amides is 2. The standard InChI is InChI=1S/C19H19ClF2N2O3/c1-11(2)23-18(26)15-8-5-13(20)10-16(15)24-17(25)9-12-3-6-14(7-4-12)27-19(21)22/h3-8,10-11,19H,9H2,1-2H3,(H,23,26)(H,24,25). The fraction of sp³-hybridized carbons (Fsp3) is 0.263. The summed E-state index contributed by atoms with van der Waals surface area (Å²) in [5.74, 6) is -0.694. The van der Waals surface area contributed by atoms with Crippen molar-refractivity contribution in [3.05, 3.63) is 58.6 Å². The van der Waals surface area contributed by atoms with Gasteiger partial charge >= 0.3 is 6.61 Å². The van der Waals surface area contributed by atoms with Crippen LogP contribution >= 0.6 is 11.6 Å². The number of nitrogens with one attached hydrogen (secondary N) is 2. The number of carbonyl (C=O) groups is 2. The molecule has 2 rings (SSSR count). The Morgan fingerprint density at radius 2 is 1.78 bits per heavy atom. The van der Waals surface area contributed by atoms with Crippen molar-refractivity contribution in [1.29, 1.82) is 0 Å². The first kappa shape index (κ1) is 20.6. The molecule has 5 nitrogen and oxygen atoms in total. The second kappa shape index (κ2) is 9.32. The average molecular weight is 397 g/mol. The van der Waals surface area contributed by atoms with E-state index in [1.54, 1.807) is 6.07 Å². The monoisotopic (exact) mass is 396 g/mol. The largest absolute Gasteiger partial charge is 0.435 e. The summed E-state index contributed by atoms with van der Waals surface area (Å²) in [5.41, 5.74) is 1.19. The molecule has 0 saturated carbocycles. The van der Waals surface area contributed by atoms with Crippen LogP contribution in [0, 0.1) is 0 Å². The molecule has 0 aliphatic heterocycles. The Labute approximate surface area is 160 Å². The number of alkyl halides is 2. The van der Waals surface area contributed by atoms with Gasteiger partial charge in [-0.1, -0.05) is 23.7 Å². The smallest absolute Gasteiger partial charge is 0.387 e. The van der Waals surface area contributed by atoms with Gasteiger partial charge in [-0.2, -0.15) is 8.78 Å². The minimum absolute atomic E-state index is 0.00723. The third-order valence-electron chi connectivity index (χ3n) is 3.43. The molecular formula is C19H19ClF2N2O3. The fourth-order valence-corrected chi connectivity index (χ4v) is 2.50. The first-order valence-electron chi connectivity index (χ1n) is 8.18. The van der Waals surface area contributed by atoms with E-state index in [2.05, 4.69) is 15.4 Å². The Morgan fingerprint density at radius 1 is 1.11 bits per heavy atom. The quantitative estimate of drug-likeness (QED) is 0.734. The molecule has 27 heavy (non-hydrogen) atoms. The van der Waals surface area contributed by atoms with Crippen LogP contribution in [0.25, 0.3) is 0 Å². The van der Waals surface area contributed by atoms with Gasteiger partial charge in [0.2, 0.25) is 5.91 Å². The van der Waals surface area contributed by atoms with Crippen LogP contribution in [0.2, 0.25) is 5.02 Å². The highest BCUT2D eigenvalue weighted by molar-refractivity contribution is 6.31. The zero-order chi connectivity index (χ0) is 20.0. The van der Waals surface area contributed by atoms with E-state index in [0.717, 1.165) is 0 Å². The first-order valence-corrected chi connectivity index (χ1v) is 8.56. The lowest BCUT2D eigenvalue weighted by Gasteiger charge is -2.14. The van der Waals surface area contributed by atoms with Crippen molar-refractivity contribution >= 4 is 29.1 Å². The highest BCUT2D eigenvalue weighted by atomic mass is 35.5. The maximum atomic E-state index is 12.3. The molecule has 0 fully saturated rings. The van der Waals surface area contributed by atoms with E-state index in [1.807, 2.05) is 13.8 Å². The summed E-state index contributed by atoms with van der Waals surface area (Å²) in [4.78, 5) is 24.6. The molecule has 2 aromatic carbocycles. The van der Waals surface area contributed by atoms with Crippen molar-refractivity contribution in [2.75, 3.05) is 5.32 Å². The zero-order valence-corrected chi connectivity index (χ0v) is 15.5. The van der Waals surface area contributed by atoms with Crippen LogP contribution in [0.3, 0.4) is 0 Å². The van der Waals surface area contributed by atoms with E-state index in [0.29, 0.717) is 21.8 Å². The number of benzene rings is 2. The molecule has 0 bridgehead atoms. The van der Waals surface area contributed by atoms with Crippen molar-refractivity contribution in [2.24, 2.45) is 0 Å². The third-order valence-corrected chi connectivity index (χ3v) is 3.67. The Bertz CT molecular complexity index is 811. The molecule has 0 radical (unpaired) electrons. The van der Waals surface area contributed by atoms with Gasteiger partial charge < -0.3 is 15.4 Å². The number of hydrogen-bond donors (Lipinski definition) is 2. The summed E-state index contributed by atoms with van der Waals surface area (Å²) < 4.78 is 28.6. The Hall–Kier alpha value is -2.67. The average Bonchev–Trinajstić information content (AvgIpc) is 2.55. The van der Waals surface area contributed by atoms with E-state index in [9.17, 15) is 18.4 Å². The summed E-state index contributed by atoms with van der Waals surface area (Å²) in [7, 11) is 0. The molecule has 2 amide bonds. The van der Waals surface area contributed by atoms with Crippen LogP contribution in [-0.2, 0) is 11.2 Å². The van der Waals surface area contributed by atoms with Crippen LogP contribution in [-0.4, -0.2) is 24.5 Å². The van der Waals surface area contributed by atoms with E-state index in [1.165, 1.54) is 36.4 Å². The molecular weight excluding hydrogens is 378 g/mol. The van der Waals surface area contributed by atoms with Gasteiger partial charge in [-0.15, -0.1) is 0 Å². The highest BCUT2D eigenvalue weighted by Crippen LogP contribution is 2.22. The van der Waals surface area contributed by atoms with E-state index >= 15 is 0 Å². The minimum atomic E-state index is -2.91. The number of carbonyl (C=O) groups excluding carboxylic acids is 2. The van der Waals surface area contributed by atoms with Crippen molar-refractivity contribution in [2.45, 2.75) is 32.9 Å². The van der Waals surface area contributed by atoms with Gasteiger partial charge in [0, 0.05) is 11.1 Å². The summed E-state index contributed by atoms with van der Waals surface area (Å²) in [6, 6.07) is 10.3. The van der Waals surface area contributed by atoms with Crippen LogP contribution in [0.5, 0.6) is 5.75 Å². The molecule has 0 spiro atoms. The fourth-order valence-electron chi connectivity index (χ4n) is 2.33. The predicted octanol–water partition coefficient (Wildman–Crippen LogP) is 4.26. The molecule has 0 aliphatic rings. The molecule has 8 heteroatoms. The SMILES string of the molecule is CC(C)NC(=O)c1ccc(Cl)cc1NC(=O)Cc1ccc(OC(F)F)cc1. The molecule has 0 unspecified atom stereocenters. The maximum Gasteiger partial charge on any atom is 0.387 e. The van der Waals surface area contributed by atoms with Gasteiger partial charge in [0.15, 0.2) is 0 Å². The summed E-state index contributed by atoms with van der Waals surface area (Å²) in [6.45, 7) is 0.749. The molecule has 0 aromatic heterocycles. The summed E-state index contributed by atoms with van der Waals surface area (Å²) in [5, 5.41) is 5.80. The van der Waals surface area contributed by atoms with Gasteiger partial charge in [0.1, 0.15) is 5.75 Å². The van der Waals surface area contributed by atoms with Gasteiger partial charge in [0.25, 0.3) is 5.91 Å². The minimum Gasteiger partial charge on any atom is -0.435 e. The molecule has 0 aliphatic carbocycles. The van der Waals surface area contributed by atoms with Crippen molar-refractivity contribution in [3.63, 3.8) is 0 Å². The van der Waals surface area contributed by atoms with Crippen molar-refractivity contribution < 1.29 is 23.1 Å².